The molecule has 0 saturated carbocycles. The minimum Gasteiger partial charge on any atom is -0.358 e. The van der Waals surface area contributed by atoms with Gasteiger partial charge in [0.15, 0.2) is 0 Å². The predicted molar refractivity (Wildman–Crippen MR) is 178 cm³/mol. The Morgan fingerprint density at radius 2 is 1.20 bits per heavy atom. The van der Waals surface area contributed by atoms with Gasteiger partial charge in [-0.25, -0.2) is 41.5 Å². The van der Waals surface area contributed by atoms with E-state index in [0.29, 0.717) is 0 Å². The van der Waals surface area contributed by atoms with Crippen molar-refractivity contribution in [2.24, 2.45) is 0 Å². The molecule has 0 saturated heterocycles. The van der Waals surface area contributed by atoms with Gasteiger partial charge in [-0.3, -0.25) is 23.3 Å². The van der Waals surface area contributed by atoms with Crippen LogP contribution < -0.4 is 5.19 Å². The Morgan fingerprint density at radius 1 is 0.578 bits per heavy atom. The number of nitrogens with zero attached hydrogens (tertiary/aromatic N) is 2. The Bertz CT molecular complexity index is 1650. The Morgan fingerprint density at radius 3 is 1.71 bits per heavy atom. The Kier molecular flexibility index (Phi) is 20.4. The molecule has 2 aromatic heterocycles. The molecule has 0 aliphatic heterocycles. The van der Waals surface area contributed by atoms with E-state index >= 15 is 0 Å². The number of rotatable bonds is 5. The molecule has 2 heterocycles. The zero-order valence-corrected chi connectivity index (χ0v) is 35.0. The van der Waals surface area contributed by atoms with E-state index < -0.39 is 8.07 Å². The van der Waals surface area contributed by atoms with Crippen LogP contribution in [0.4, 0.5) is 0 Å². The molecule has 45 heavy (non-hydrogen) atoms. The molecule has 0 fully saturated rings. The molecule has 0 unspecified atom stereocenters. The average Bonchev–Trinajstić information content (AvgIpc) is 3.02. The summed E-state index contributed by atoms with van der Waals surface area (Å²) in [6.07, 6.45) is 3.79. The quantitative estimate of drug-likeness (QED) is 0.129. The fourth-order valence-electron chi connectivity index (χ4n) is 4.03. The SMILES string of the molecule is C[Si](C)(C)c1ccc(-c2[c-]cccc2)nc1.[B].[CH3-].[Ir].[Y+3].[Y].[c-]1ccc(-c2[c-]cc(-c3[c-]cccc3)[c-]c2)[c-]c1-c1ccccn1. The molecular formula is C38H31BIrN2SiY2-4. The van der Waals surface area contributed by atoms with Crippen molar-refractivity contribution in [3.8, 4) is 44.8 Å². The first-order valence-electron chi connectivity index (χ1n) is 13.2. The fourth-order valence-corrected chi connectivity index (χ4v) is 5.07. The van der Waals surface area contributed by atoms with Crippen molar-refractivity contribution in [2.45, 2.75) is 19.6 Å². The van der Waals surface area contributed by atoms with Crippen LogP contribution in [-0.4, -0.2) is 26.5 Å². The molecule has 219 valence electrons. The van der Waals surface area contributed by atoms with Gasteiger partial charge >= 0.3 is 32.7 Å². The number of pyridine rings is 2. The van der Waals surface area contributed by atoms with Gasteiger partial charge in [-0.05, 0) is 16.9 Å². The van der Waals surface area contributed by atoms with Crippen molar-refractivity contribution < 1.29 is 85.5 Å². The summed E-state index contributed by atoms with van der Waals surface area (Å²) in [6, 6.07) is 53.2. The van der Waals surface area contributed by atoms with Crippen LogP contribution in [0.15, 0.2) is 116 Å². The molecule has 4 aromatic carbocycles. The van der Waals surface area contributed by atoms with E-state index in [-0.39, 0.29) is 101 Å². The first kappa shape index (κ1) is 43.3. The number of aromatic nitrogens is 2. The Hall–Kier alpha value is -1.68. The third kappa shape index (κ3) is 12.5. The molecule has 0 aliphatic carbocycles. The Balaban J connectivity index is 0.000000824. The molecule has 0 atom stereocenters. The van der Waals surface area contributed by atoms with Gasteiger partial charge < -0.3 is 29.0 Å². The summed E-state index contributed by atoms with van der Waals surface area (Å²) in [7, 11) is -1.23. The fraction of sp³-hybridized carbons (Fsp3) is 0.0789. The third-order valence-electron chi connectivity index (χ3n) is 6.31. The van der Waals surface area contributed by atoms with Crippen LogP contribution >= 0.6 is 0 Å². The zero-order valence-electron chi connectivity index (χ0n) is 25.9. The van der Waals surface area contributed by atoms with E-state index in [9.17, 15) is 0 Å². The molecule has 6 aromatic rings. The molecule has 0 aliphatic rings. The van der Waals surface area contributed by atoms with Crippen molar-refractivity contribution in [1.82, 2.24) is 9.97 Å². The van der Waals surface area contributed by atoms with Gasteiger partial charge in [0.05, 0.1) is 8.07 Å². The van der Waals surface area contributed by atoms with Gasteiger partial charge in [-0.2, -0.15) is 24.3 Å². The van der Waals surface area contributed by atoms with Gasteiger partial charge in [0.1, 0.15) is 0 Å². The number of benzene rings is 4. The van der Waals surface area contributed by atoms with E-state index in [1.807, 2.05) is 97.2 Å². The van der Waals surface area contributed by atoms with Crippen LogP contribution in [0.1, 0.15) is 0 Å². The van der Waals surface area contributed by atoms with Gasteiger partial charge in [0.2, 0.25) is 0 Å². The van der Waals surface area contributed by atoms with Crippen LogP contribution in [0.3, 0.4) is 0 Å². The van der Waals surface area contributed by atoms with Gasteiger partial charge in [-0.1, -0.05) is 43.5 Å². The van der Waals surface area contributed by atoms with E-state index in [0.717, 1.165) is 44.8 Å². The normalized spacial score (nSPS) is 9.67. The topological polar surface area (TPSA) is 25.8 Å². The average molecular weight is 925 g/mol. The predicted octanol–water partition coefficient (Wildman–Crippen LogP) is 8.24. The Labute approximate surface area is 337 Å². The molecule has 0 spiro atoms. The second-order valence-corrected chi connectivity index (χ2v) is 15.3. The summed E-state index contributed by atoms with van der Waals surface area (Å²) in [6.45, 7) is 7.00. The second kappa shape index (κ2) is 21.2. The van der Waals surface area contributed by atoms with Gasteiger partial charge in [0, 0.05) is 73.6 Å². The summed E-state index contributed by atoms with van der Waals surface area (Å²) in [5.41, 5.74) is 7.66. The standard InChI is InChI=1S/C23H12N.C14H16NSi.CH3.B.Ir.2Y/c1-2-7-18(8-3-1)19-12-14-20(15-13-19)21-9-6-10-22(17-21)23-11-4-5-16-24-23;1-16(2,3)13-9-10-14(15-11-13)12-7-5-4-6-8-12;;;;;/h1-7,9,11-12,15-16H;4-7,9-11H,1-3H3;1H3;;;;/q-5;2*-1;;;;+3. The largest absolute Gasteiger partial charge is 3.00 e. The maximum atomic E-state index is 4.52. The van der Waals surface area contributed by atoms with Crippen LogP contribution in [-0.2, 0) is 85.5 Å². The van der Waals surface area contributed by atoms with E-state index in [4.69, 9.17) is 0 Å². The molecule has 0 amide bonds. The first-order valence-corrected chi connectivity index (χ1v) is 16.7. The third-order valence-corrected chi connectivity index (χ3v) is 8.33. The first-order chi connectivity index (χ1) is 19.5. The van der Waals surface area contributed by atoms with Crippen molar-refractivity contribution in [1.29, 1.82) is 0 Å². The number of hydrogen-bond donors (Lipinski definition) is 0. The molecule has 6 rings (SSSR count). The molecule has 0 N–H and O–H groups in total. The summed E-state index contributed by atoms with van der Waals surface area (Å²) in [5.74, 6) is 0. The van der Waals surface area contributed by atoms with E-state index in [1.54, 1.807) is 6.20 Å². The number of hydrogen-bond acceptors (Lipinski definition) is 2. The monoisotopic (exact) mass is 925 g/mol. The van der Waals surface area contributed by atoms with Crippen molar-refractivity contribution in [3.63, 3.8) is 0 Å². The molecular weight excluding hydrogens is 893 g/mol. The molecule has 0 bridgehead atoms. The summed E-state index contributed by atoms with van der Waals surface area (Å²) in [5, 5.41) is 1.40. The van der Waals surface area contributed by atoms with E-state index in [1.165, 1.54) is 5.19 Å². The van der Waals surface area contributed by atoms with Gasteiger partial charge in [0.25, 0.3) is 0 Å². The summed E-state index contributed by atoms with van der Waals surface area (Å²) in [4.78, 5) is 8.87. The second-order valence-electron chi connectivity index (χ2n) is 10.2. The van der Waals surface area contributed by atoms with Crippen LogP contribution in [0, 0.1) is 43.8 Å². The minimum atomic E-state index is -1.23. The smallest absolute Gasteiger partial charge is 0.358 e. The zero-order chi connectivity index (χ0) is 27.8. The van der Waals surface area contributed by atoms with Crippen LogP contribution in [0.5, 0.6) is 0 Å². The molecule has 2 nitrogen and oxygen atoms in total. The van der Waals surface area contributed by atoms with Crippen molar-refractivity contribution in [2.75, 3.05) is 0 Å². The van der Waals surface area contributed by atoms with Crippen LogP contribution in [0.25, 0.3) is 44.8 Å². The van der Waals surface area contributed by atoms with E-state index in [2.05, 4.69) is 78.1 Å². The van der Waals surface area contributed by atoms with Crippen molar-refractivity contribution in [3.05, 3.63) is 159 Å². The molecule has 5 radical (unpaired) electrons. The van der Waals surface area contributed by atoms with Crippen LogP contribution in [0.2, 0.25) is 19.6 Å². The molecule has 7 heteroatoms. The summed E-state index contributed by atoms with van der Waals surface area (Å²) < 4.78 is 0. The van der Waals surface area contributed by atoms with Gasteiger partial charge in [-0.15, -0.1) is 48.0 Å². The maximum absolute atomic E-state index is 4.52. The van der Waals surface area contributed by atoms with Crippen molar-refractivity contribution >= 4 is 21.7 Å². The minimum absolute atomic E-state index is 0. The maximum Gasteiger partial charge on any atom is 3.00 e. The summed E-state index contributed by atoms with van der Waals surface area (Å²) >= 11 is 0.